The van der Waals surface area contributed by atoms with E-state index < -0.39 is 0 Å². The molecule has 1 N–H and O–H groups in total. The van der Waals surface area contributed by atoms with Crippen molar-refractivity contribution in [2.45, 2.75) is 50.9 Å². The predicted molar refractivity (Wildman–Crippen MR) is 83.4 cm³/mol. The summed E-state index contributed by atoms with van der Waals surface area (Å²) in [5, 5.41) is 7.56. The third-order valence-electron chi connectivity index (χ3n) is 4.15. The summed E-state index contributed by atoms with van der Waals surface area (Å²) in [6, 6.07) is 10.2. The highest BCUT2D eigenvalue weighted by Crippen LogP contribution is 2.29. The number of rotatable bonds is 5. The Hall–Kier alpha value is -1.84. The van der Waals surface area contributed by atoms with Crippen molar-refractivity contribution in [2.75, 3.05) is 11.9 Å². The van der Waals surface area contributed by atoms with Crippen LogP contribution in [0.15, 0.2) is 34.9 Å². The van der Waals surface area contributed by atoms with Gasteiger partial charge in [-0.1, -0.05) is 49.0 Å². The van der Waals surface area contributed by atoms with E-state index in [4.69, 9.17) is 4.52 Å². The van der Waals surface area contributed by atoms with Crippen molar-refractivity contribution in [3.63, 3.8) is 0 Å². The Balaban J connectivity index is 1.50. The van der Waals surface area contributed by atoms with Crippen LogP contribution in [0, 0.1) is 0 Å². The van der Waals surface area contributed by atoms with Crippen molar-refractivity contribution in [1.82, 2.24) is 10.1 Å². The van der Waals surface area contributed by atoms with Gasteiger partial charge in [-0.2, -0.15) is 4.98 Å². The van der Waals surface area contributed by atoms with E-state index in [1.807, 2.05) is 18.2 Å². The summed E-state index contributed by atoms with van der Waals surface area (Å²) in [4.78, 5) is 4.59. The molecule has 1 aliphatic carbocycles. The number of nitrogens with zero attached hydrogens (tertiary/aromatic N) is 2. The van der Waals surface area contributed by atoms with E-state index in [9.17, 15) is 0 Å². The van der Waals surface area contributed by atoms with E-state index in [0.29, 0.717) is 5.92 Å². The molecule has 0 atom stereocenters. The van der Waals surface area contributed by atoms with Crippen LogP contribution in [0.5, 0.6) is 0 Å². The molecule has 0 unspecified atom stereocenters. The first-order valence-corrected chi connectivity index (χ1v) is 8.03. The fraction of sp³-hybridized carbons (Fsp3) is 0.529. The minimum atomic E-state index is 0.507. The fourth-order valence-corrected chi connectivity index (χ4v) is 2.94. The summed E-state index contributed by atoms with van der Waals surface area (Å²) >= 11 is 0. The molecule has 4 nitrogen and oxygen atoms in total. The van der Waals surface area contributed by atoms with Crippen LogP contribution in [0.4, 0.5) is 5.69 Å². The van der Waals surface area contributed by atoms with Gasteiger partial charge in [-0.15, -0.1) is 0 Å². The van der Waals surface area contributed by atoms with Gasteiger partial charge in [0.2, 0.25) is 5.89 Å². The molecule has 3 rings (SSSR count). The van der Waals surface area contributed by atoms with Crippen LogP contribution in [-0.4, -0.2) is 16.7 Å². The molecule has 1 aliphatic rings. The van der Waals surface area contributed by atoms with Crippen LogP contribution in [0.2, 0.25) is 0 Å². The third-order valence-corrected chi connectivity index (χ3v) is 4.15. The predicted octanol–water partition coefficient (Wildman–Crippen LogP) is 4.16. The van der Waals surface area contributed by atoms with Gasteiger partial charge in [0.25, 0.3) is 0 Å². The highest BCUT2D eigenvalue weighted by molar-refractivity contribution is 5.42. The first-order valence-electron chi connectivity index (χ1n) is 8.03. The smallest absolute Gasteiger partial charge is 0.228 e. The van der Waals surface area contributed by atoms with E-state index in [0.717, 1.165) is 30.4 Å². The highest BCUT2D eigenvalue weighted by atomic mass is 16.5. The van der Waals surface area contributed by atoms with Crippen molar-refractivity contribution in [1.29, 1.82) is 0 Å². The average molecular weight is 285 g/mol. The Morgan fingerprint density at radius 3 is 2.57 bits per heavy atom. The molecule has 1 fully saturated rings. The molecular formula is C17H23N3O. The van der Waals surface area contributed by atoms with E-state index in [1.165, 1.54) is 38.5 Å². The number of anilines is 1. The number of hydrogen-bond acceptors (Lipinski definition) is 4. The van der Waals surface area contributed by atoms with Crippen molar-refractivity contribution < 1.29 is 4.52 Å². The van der Waals surface area contributed by atoms with Gasteiger partial charge >= 0.3 is 0 Å². The van der Waals surface area contributed by atoms with Gasteiger partial charge in [-0.3, -0.25) is 0 Å². The Morgan fingerprint density at radius 1 is 1.05 bits per heavy atom. The number of nitrogens with one attached hydrogen (secondary N) is 1. The summed E-state index contributed by atoms with van der Waals surface area (Å²) in [5.41, 5.74) is 1.13. The molecule has 4 heteroatoms. The van der Waals surface area contributed by atoms with Crippen molar-refractivity contribution in [3.8, 4) is 0 Å². The van der Waals surface area contributed by atoms with Gasteiger partial charge in [0.05, 0.1) is 0 Å². The lowest BCUT2D eigenvalue weighted by Crippen LogP contribution is -2.05. The van der Waals surface area contributed by atoms with Gasteiger partial charge in [0, 0.05) is 24.6 Å². The summed E-state index contributed by atoms with van der Waals surface area (Å²) in [6.45, 7) is 0.816. The molecule has 112 valence electrons. The molecule has 1 heterocycles. The highest BCUT2D eigenvalue weighted by Gasteiger charge is 2.19. The minimum absolute atomic E-state index is 0.507. The number of aromatic nitrogens is 2. The van der Waals surface area contributed by atoms with Crippen LogP contribution in [0.25, 0.3) is 0 Å². The van der Waals surface area contributed by atoms with Gasteiger partial charge in [0.1, 0.15) is 0 Å². The normalized spacial score (nSPS) is 16.6. The van der Waals surface area contributed by atoms with Crippen LogP contribution in [-0.2, 0) is 6.42 Å². The standard InChI is InChI=1S/C17H23N3O/c1-2-5-9-14(8-4-1)17-19-16(21-20-17)12-13-18-15-10-6-3-7-11-15/h3,6-7,10-11,14,18H,1-2,4-5,8-9,12-13H2. The van der Waals surface area contributed by atoms with Crippen LogP contribution >= 0.6 is 0 Å². The van der Waals surface area contributed by atoms with Crippen molar-refractivity contribution >= 4 is 5.69 Å². The molecular weight excluding hydrogens is 262 g/mol. The lowest BCUT2D eigenvalue weighted by molar-refractivity contribution is 0.369. The molecule has 0 aliphatic heterocycles. The fourth-order valence-electron chi connectivity index (χ4n) is 2.94. The van der Waals surface area contributed by atoms with Gasteiger partial charge in [-0.25, -0.2) is 0 Å². The van der Waals surface area contributed by atoms with E-state index in [2.05, 4.69) is 27.6 Å². The molecule has 0 bridgehead atoms. The molecule has 2 aromatic rings. The molecule has 1 aromatic heterocycles. The van der Waals surface area contributed by atoms with Crippen molar-refractivity contribution in [3.05, 3.63) is 42.0 Å². The van der Waals surface area contributed by atoms with E-state index in [1.54, 1.807) is 0 Å². The second-order valence-corrected chi connectivity index (χ2v) is 5.78. The second-order valence-electron chi connectivity index (χ2n) is 5.78. The summed E-state index contributed by atoms with van der Waals surface area (Å²) < 4.78 is 5.40. The Labute approximate surface area is 126 Å². The largest absolute Gasteiger partial charge is 0.385 e. The van der Waals surface area contributed by atoms with Gasteiger partial charge < -0.3 is 9.84 Å². The van der Waals surface area contributed by atoms with Gasteiger partial charge in [-0.05, 0) is 25.0 Å². The second kappa shape index (κ2) is 7.25. The van der Waals surface area contributed by atoms with Crippen LogP contribution < -0.4 is 5.32 Å². The van der Waals surface area contributed by atoms with Gasteiger partial charge in [0.15, 0.2) is 5.82 Å². The average Bonchev–Trinajstić information content (AvgIpc) is 2.82. The maximum Gasteiger partial charge on any atom is 0.228 e. The summed E-state index contributed by atoms with van der Waals surface area (Å²) in [6.07, 6.45) is 8.48. The maximum absolute atomic E-state index is 5.40. The molecule has 1 aromatic carbocycles. The molecule has 1 saturated carbocycles. The van der Waals surface area contributed by atoms with Crippen LogP contribution in [0.1, 0.15) is 56.2 Å². The molecule has 21 heavy (non-hydrogen) atoms. The number of benzene rings is 1. The molecule has 0 spiro atoms. The SMILES string of the molecule is c1ccc(NCCc2nc(C3CCCCCC3)no2)cc1. The molecule has 0 radical (unpaired) electrons. The van der Waals surface area contributed by atoms with E-state index >= 15 is 0 Å². The zero-order valence-corrected chi connectivity index (χ0v) is 12.4. The van der Waals surface area contributed by atoms with Crippen molar-refractivity contribution in [2.24, 2.45) is 0 Å². The monoisotopic (exact) mass is 285 g/mol. The zero-order valence-electron chi connectivity index (χ0n) is 12.4. The minimum Gasteiger partial charge on any atom is -0.385 e. The lowest BCUT2D eigenvalue weighted by atomic mass is 10.00. The quantitative estimate of drug-likeness (QED) is 0.838. The lowest BCUT2D eigenvalue weighted by Gasteiger charge is -2.07. The first-order chi connectivity index (χ1) is 10.4. The zero-order chi connectivity index (χ0) is 14.3. The maximum atomic E-state index is 5.40. The number of hydrogen-bond donors (Lipinski definition) is 1. The third kappa shape index (κ3) is 4.06. The Morgan fingerprint density at radius 2 is 1.81 bits per heavy atom. The summed E-state index contributed by atoms with van der Waals surface area (Å²) in [5.74, 6) is 2.18. The molecule has 0 amide bonds. The van der Waals surface area contributed by atoms with E-state index in [-0.39, 0.29) is 0 Å². The topological polar surface area (TPSA) is 51.0 Å². The Bertz CT molecular complexity index is 530. The molecule has 0 saturated heterocycles. The Kier molecular flexibility index (Phi) is 4.87. The first kappa shape index (κ1) is 14.1. The van der Waals surface area contributed by atoms with Crippen LogP contribution in [0.3, 0.4) is 0 Å². The summed E-state index contributed by atoms with van der Waals surface area (Å²) in [7, 11) is 0. The number of para-hydroxylation sites is 1.